The summed E-state index contributed by atoms with van der Waals surface area (Å²) >= 11 is 18.5. The number of ether oxygens (including phenoxy) is 2. The summed E-state index contributed by atoms with van der Waals surface area (Å²) < 4.78 is 40.1. The molecule has 0 aliphatic carbocycles. The van der Waals surface area contributed by atoms with E-state index in [0.717, 1.165) is 12.1 Å². The van der Waals surface area contributed by atoms with Crippen LogP contribution in [0.3, 0.4) is 0 Å². The summed E-state index contributed by atoms with van der Waals surface area (Å²) in [6.45, 7) is 4.77. The van der Waals surface area contributed by atoms with E-state index in [4.69, 9.17) is 44.9 Å². The summed E-state index contributed by atoms with van der Waals surface area (Å²) in [5, 5.41) is 6.96. The van der Waals surface area contributed by atoms with Crippen LogP contribution >= 0.6 is 35.4 Å². The van der Waals surface area contributed by atoms with Gasteiger partial charge in [-0.15, -0.1) is 0 Å². The quantitative estimate of drug-likeness (QED) is 0.238. The Morgan fingerprint density at radius 2 is 1.71 bits per heavy atom. The molecule has 1 spiro atoms. The highest BCUT2D eigenvalue weighted by atomic mass is 35.5. The Kier molecular flexibility index (Phi) is 7.51. The van der Waals surface area contributed by atoms with Gasteiger partial charge in [0.15, 0.2) is 17.2 Å². The monoisotopic (exact) mass is 618 g/mol. The first-order chi connectivity index (χ1) is 19.3. The summed E-state index contributed by atoms with van der Waals surface area (Å²) in [5.74, 6) is -3.51. The fourth-order valence-electron chi connectivity index (χ4n) is 5.94. The molecule has 0 radical (unpaired) electrons. The van der Waals surface area contributed by atoms with Crippen LogP contribution in [0.2, 0.25) is 10.0 Å². The second-order valence-electron chi connectivity index (χ2n) is 10.7. The summed E-state index contributed by atoms with van der Waals surface area (Å²) in [6.07, 6.45) is 0.180. The molecule has 1 amide bonds. The van der Waals surface area contributed by atoms with E-state index in [1.807, 2.05) is 0 Å². The zero-order valence-corrected chi connectivity index (χ0v) is 24.9. The van der Waals surface area contributed by atoms with Crippen molar-refractivity contribution in [1.29, 1.82) is 0 Å². The van der Waals surface area contributed by atoms with Crippen LogP contribution < -0.4 is 15.4 Å². The van der Waals surface area contributed by atoms with Crippen molar-refractivity contribution in [3.8, 4) is 5.75 Å². The average Bonchev–Trinajstić information content (AvgIpc) is 3.18. The number of methoxy groups -OCH3 is 1. The van der Waals surface area contributed by atoms with Crippen LogP contribution in [0.4, 0.5) is 14.5 Å². The lowest BCUT2D eigenvalue weighted by atomic mass is 9.59. The molecule has 0 saturated carbocycles. The molecule has 2 heterocycles. The molecule has 0 aromatic heterocycles. The Hall–Kier alpha value is -3.27. The number of hydrogen-bond acceptors (Lipinski definition) is 5. The first-order valence-electron chi connectivity index (χ1n) is 12.7. The zero-order valence-electron chi connectivity index (χ0n) is 22.5. The number of carbonyl (C=O) groups is 2. The third-order valence-electron chi connectivity index (χ3n) is 7.76. The Balaban J connectivity index is 1.81. The maximum Gasteiger partial charge on any atom is 0.349 e. The highest BCUT2D eigenvalue weighted by Gasteiger charge is 2.61. The molecule has 2 N–H and O–H groups in total. The van der Waals surface area contributed by atoms with Crippen molar-refractivity contribution in [1.82, 2.24) is 5.32 Å². The van der Waals surface area contributed by atoms with Gasteiger partial charge in [-0.25, -0.2) is 13.6 Å². The first kappa shape index (κ1) is 29.2. The van der Waals surface area contributed by atoms with Crippen LogP contribution in [-0.2, 0) is 19.7 Å². The van der Waals surface area contributed by atoms with Gasteiger partial charge in [-0.3, -0.25) is 4.79 Å². The standard InChI is InChI=1S/C30H26Cl2F2N2O4S/c1-14-9-21(33)22(34)12-17(14)26-30(19-7-5-16(32)11-23(19)35-27(30)37)20(13-25(41)36-26)18-10-15(31)6-8-24(18)40-29(2,3)28(38)39-4/h5-12,20,26H,13H2,1-4H3,(H,35,37)(H,36,41)/t20-,26+,30-/m1/s1. The number of rotatable bonds is 5. The van der Waals surface area contributed by atoms with E-state index >= 15 is 0 Å². The predicted octanol–water partition coefficient (Wildman–Crippen LogP) is 6.95. The minimum Gasteiger partial charge on any atom is -0.476 e. The number of thiocarbonyl (C=S) groups is 1. The number of halogens is 4. The summed E-state index contributed by atoms with van der Waals surface area (Å²) in [7, 11) is 1.26. The number of piperidine rings is 1. The SMILES string of the molecule is COC(=O)C(C)(C)Oc1ccc(Cl)cc1[C@H]1CC(=S)N[C@@H](c2cc(F)c(F)cc2C)[C@]12C(=O)Nc1cc(Cl)ccc12. The molecule has 0 unspecified atom stereocenters. The number of benzene rings is 3. The minimum absolute atomic E-state index is 0.180. The minimum atomic E-state index is -1.45. The molecule has 3 atom stereocenters. The Morgan fingerprint density at radius 3 is 2.41 bits per heavy atom. The van der Waals surface area contributed by atoms with Crippen LogP contribution in [-0.4, -0.2) is 29.6 Å². The number of fused-ring (bicyclic) bond motifs is 2. The summed E-state index contributed by atoms with van der Waals surface area (Å²) in [5.41, 5.74) is -0.498. The lowest BCUT2D eigenvalue weighted by Gasteiger charge is -2.48. The number of anilines is 1. The molecule has 11 heteroatoms. The van der Waals surface area contributed by atoms with Crippen molar-refractivity contribution in [3.63, 3.8) is 0 Å². The van der Waals surface area contributed by atoms with E-state index in [1.165, 1.54) is 7.11 Å². The number of hydrogen-bond donors (Lipinski definition) is 2. The van der Waals surface area contributed by atoms with E-state index in [0.29, 0.717) is 43.0 Å². The lowest BCUT2D eigenvalue weighted by Crippen LogP contribution is -2.56. The van der Waals surface area contributed by atoms with Crippen LogP contribution in [0.15, 0.2) is 48.5 Å². The molecule has 3 aromatic carbocycles. The zero-order chi connectivity index (χ0) is 29.9. The van der Waals surface area contributed by atoms with Crippen LogP contribution in [0.25, 0.3) is 0 Å². The fraction of sp³-hybridized carbons (Fsp3) is 0.300. The fourth-order valence-corrected chi connectivity index (χ4v) is 6.58. The lowest BCUT2D eigenvalue weighted by molar-refractivity contribution is -0.156. The number of amides is 1. The Labute approximate surface area is 251 Å². The van der Waals surface area contributed by atoms with Gasteiger partial charge < -0.3 is 20.1 Å². The third kappa shape index (κ3) is 4.83. The summed E-state index contributed by atoms with van der Waals surface area (Å²) in [4.78, 5) is 27.3. The van der Waals surface area contributed by atoms with Gasteiger partial charge in [0.25, 0.3) is 0 Å². The topological polar surface area (TPSA) is 76.7 Å². The smallest absolute Gasteiger partial charge is 0.349 e. The van der Waals surface area contributed by atoms with Gasteiger partial charge in [0, 0.05) is 33.6 Å². The van der Waals surface area contributed by atoms with Crippen molar-refractivity contribution in [2.75, 3.05) is 12.4 Å². The second kappa shape index (κ2) is 10.5. The van der Waals surface area contributed by atoms with Gasteiger partial charge >= 0.3 is 5.97 Å². The van der Waals surface area contributed by atoms with E-state index in [2.05, 4.69) is 10.6 Å². The molecule has 6 nitrogen and oxygen atoms in total. The number of esters is 1. The van der Waals surface area contributed by atoms with Crippen LogP contribution in [0.1, 0.15) is 54.5 Å². The third-order valence-corrected chi connectivity index (χ3v) is 8.52. The van der Waals surface area contributed by atoms with Gasteiger partial charge in [-0.1, -0.05) is 41.5 Å². The maximum atomic E-state index is 14.7. The Bertz CT molecular complexity index is 1620. The van der Waals surface area contributed by atoms with E-state index < -0.39 is 46.5 Å². The maximum absolute atomic E-state index is 14.7. The molecule has 1 saturated heterocycles. The second-order valence-corrected chi connectivity index (χ2v) is 12.0. The largest absolute Gasteiger partial charge is 0.476 e. The number of nitrogens with one attached hydrogen (secondary N) is 2. The van der Waals surface area contributed by atoms with Crippen molar-refractivity contribution in [2.24, 2.45) is 0 Å². The van der Waals surface area contributed by atoms with Gasteiger partial charge in [-0.2, -0.15) is 0 Å². The molecule has 0 bridgehead atoms. The molecule has 2 aliphatic rings. The molecule has 41 heavy (non-hydrogen) atoms. The molecular weight excluding hydrogens is 593 g/mol. The molecule has 214 valence electrons. The predicted molar refractivity (Wildman–Crippen MR) is 157 cm³/mol. The van der Waals surface area contributed by atoms with Crippen LogP contribution in [0.5, 0.6) is 5.75 Å². The molecule has 3 aromatic rings. The number of aryl methyl sites for hydroxylation is 1. The first-order valence-corrected chi connectivity index (χ1v) is 13.9. The molecule has 2 aliphatic heterocycles. The van der Waals surface area contributed by atoms with E-state index in [9.17, 15) is 18.4 Å². The highest BCUT2D eigenvalue weighted by Crippen LogP contribution is 2.59. The van der Waals surface area contributed by atoms with Crippen molar-refractivity contribution < 1.29 is 27.8 Å². The van der Waals surface area contributed by atoms with E-state index in [-0.39, 0.29) is 12.2 Å². The Morgan fingerprint density at radius 1 is 1.05 bits per heavy atom. The molecule has 5 rings (SSSR count). The normalized spacial score (nSPS) is 21.8. The van der Waals surface area contributed by atoms with Crippen molar-refractivity contribution in [2.45, 2.75) is 50.2 Å². The van der Waals surface area contributed by atoms with Gasteiger partial charge in [0.1, 0.15) is 11.2 Å². The van der Waals surface area contributed by atoms with Gasteiger partial charge in [-0.05, 0) is 79.9 Å². The average molecular weight is 620 g/mol. The van der Waals surface area contributed by atoms with Gasteiger partial charge in [0.05, 0.1) is 18.1 Å². The van der Waals surface area contributed by atoms with Gasteiger partial charge in [0.2, 0.25) is 5.91 Å². The highest BCUT2D eigenvalue weighted by molar-refractivity contribution is 7.80. The summed E-state index contributed by atoms with van der Waals surface area (Å²) in [6, 6.07) is 11.2. The van der Waals surface area contributed by atoms with Crippen molar-refractivity contribution >= 4 is 58.0 Å². The molecule has 1 fully saturated rings. The van der Waals surface area contributed by atoms with E-state index in [1.54, 1.807) is 57.2 Å². The molecular formula is C30H26Cl2F2N2O4S. The van der Waals surface area contributed by atoms with Crippen LogP contribution in [0, 0.1) is 18.6 Å². The van der Waals surface area contributed by atoms with Crippen molar-refractivity contribution in [3.05, 3.63) is 92.5 Å². The number of carbonyl (C=O) groups excluding carboxylic acids is 2.